The van der Waals surface area contributed by atoms with Gasteiger partial charge < -0.3 is 10.1 Å². The number of unbranched alkanes of at least 4 members (excludes halogenated alkanes) is 5. The van der Waals surface area contributed by atoms with Crippen molar-refractivity contribution in [1.29, 1.82) is 0 Å². The second kappa shape index (κ2) is 9.97. The van der Waals surface area contributed by atoms with E-state index in [9.17, 15) is 0 Å². The molecule has 2 heteroatoms. The highest BCUT2D eigenvalue weighted by Crippen LogP contribution is 2.13. The molecule has 0 saturated carbocycles. The van der Waals surface area contributed by atoms with Gasteiger partial charge in [0.1, 0.15) is 0 Å². The minimum absolute atomic E-state index is 0.410. The second-order valence-corrected chi connectivity index (χ2v) is 6.26. The van der Waals surface area contributed by atoms with Crippen molar-refractivity contribution in [3.8, 4) is 0 Å². The Morgan fingerprint density at radius 1 is 1.00 bits per heavy atom. The molecule has 1 saturated heterocycles. The zero-order valence-corrected chi connectivity index (χ0v) is 13.6. The van der Waals surface area contributed by atoms with Gasteiger partial charge in [0, 0.05) is 6.54 Å². The van der Waals surface area contributed by atoms with Gasteiger partial charge in [0.2, 0.25) is 0 Å². The van der Waals surface area contributed by atoms with E-state index >= 15 is 0 Å². The maximum Gasteiger partial charge on any atom is 0.0721 e. The molecule has 0 bridgehead atoms. The molecule has 1 N–H and O–H groups in total. The molecule has 2 rings (SSSR count). The van der Waals surface area contributed by atoms with Crippen molar-refractivity contribution in [2.45, 2.75) is 71.0 Å². The third-order valence-corrected chi connectivity index (χ3v) is 4.34. The van der Waals surface area contributed by atoms with Crippen molar-refractivity contribution in [3.05, 3.63) is 35.4 Å². The van der Waals surface area contributed by atoms with Gasteiger partial charge in [-0.15, -0.1) is 0 Å². The van der Waals surface area contributed by atoms with E-state index in [-0.39, 0.29) is 0 Å². The number of aryl methyl sites for hydroxylation is 1. The maximum atomic E-state index is 5.90. The molecule has 1 atom stereocenters. The first kappa shape index (κ1) is 16.5. The van der Waals surface area contributed by atoms with Crippen LogP contribution in [0.15, 0.2) is 24.3 Å². The lowest BCUT2D eigenvalue weighted by molar-refractivity contribution is 0.0542. The Labute approximate surface area is 130 Å². The minimum Gasteiger partial charge on any atom is -0.372 e. The van der Waals surface area contributed by atoms with Crippen LogP contribution in [-0.2, 0) is 17.8 Å². The van der Waals surface area contributed by atoms with Crippen LogP contribution in [0.25, 0.3) is 0 Å². The molecule has 0 radical (unpaired) electrons. The lowest BCUT2D eigenvalue weighted by Crippen LogP contribution is -2.16. The smallest absolute Gasteiger partial charge is 0.0721 e. The van der Waals surface area contributed by atoms with E-state index in [1.54, 1.807) is 0 Å². The fourth-order valence-electron chi connectivity index (χ4n) is 2.90. The summed E-state index contributed by atoms with van der Waals surface area (Å²) in [6.45, 7) is 5.14. The predicted octanol–water partition coefficient (Wildman–Crippen LogP) is 4.47. The number of nitrogens with one attached hydrogen (secondary N) is 1. The predicted molar refractivity (Wildman–Crippen MR) is 89.6 cm³/mol. The van der Waals surface area contributed by atoms with Crippen LogP contribution in [0.5, 0.6) is 0 Å². The first-order valence-electron chi connectivity index (χ1n) is 8.78. The van der Waals surface area contributed by atoms with Crippen LogP contribution in [-0.4, -0.2) is 19.2 Å². The average molecular weight is 289 g/mol. The Morgan fingerprint density at radius 2 is 1.71 bits per heavy atom. The molecule has 0 spiro atoms. The van der Waals surface area contributed by atoms with Crippen molar-refractivity contribution in [3.63, 3.8) is 0 Å². The fraction of sp³-hybridized carbons (Fsp3) is 0.684. The number of ether oxygens (including phenoxy) is 1. The topological polar surface area (TPSA) is 21.3 Å². The molecular weight excluding hydrogens is 258 g/mol. The van der Waals surface area contributed by atoms with Gasteiger partial charge in [0.15, 0.2) is 0 Å². The molecular formula is C19H31NO. The third-order valence-electron chi connectivity index (χ3n) is 4.34. The number of benzene rings is 1. The van der Waals surface area contributed by atoms with Gasteiger partial charge in [0.05, 0.1) is 12.7 Å². The minimum atomic E-state index is 0.410. The molecule has 0 unspecified atom stereocenters. The molecule has 1 aliphatic rings. The molecule has 1 fully saturated rings. The van der Waals surface area contributed by atoms with E-state index < -0.39 is 0 Å². The SMILES string of the molecule is CCCCCCCCc1ccc(CO[C@@H]2CCNC2)cc1. The Hall–Kier alpha value is -0.860. The van der Waals surface area contributed by atoms with Crippen LogP contribution < -0.4 is 5.32 Å². The van der Waals surface area contributed by atoms with Gasteiger partial charge in [0.25, 0.3) is 0 Å². The summed E-state index contributed by atoms with van der Waals surface area (Å²) in [6.07, 6.45) is 11.0. The molecule has 0 aliphatic carbocycles. The zero-order valence-electron chi connectivity index (χ0n) is 13.6. The highest BCUT2D eigenvalue weighted by molar-refractivity contribution is 5.22. The van der Waals surface area contributed by atoms with Gasteiger partial charge in [-0.2, -0.15) is 0 Å². The van der Waals surface area contributed by atoms with Crippen LogP contribution in [0.1, 0.15) is 63.0 Å². The lowest BCUT2D eigenvalue weighted by Gasteiger charge is -2.10. The van der Waals surface area contributed by atoms with E-state index in [2.05, 4.69) is 36.5 Å². The highest BCUT2D eigenvalue weighted by Gasteiger charge is 2.14. The van der Waals surface area contributed by atoms with Gasteiger partial charge >= 0.3 is 0 Å². The molecule has 1 aliphatic heterocycles. The summed E-state index contributed by atoms with van der Waals surface area (Å²) in [5, 5.41) is 3.33. The van der Waals surface area contributed by atoms with Gasteiger partial charge in [-0.05, 0) is 36.9 Å². The van der Waals surface area contributed by atoms with Crippen molar-refractivity contribution < 1.29 is 4.74 Å². The molecule has 21 heavy (non-hydrogen) atoms. The number of hydrogen-bond donors (Lipinski definition) is 1. The first-order valence-corrected chi connectivity index (χ1v) is 8.78. The first-order chi connectivity index (χ1) is 10.4. The Bertz CT molecular complexity index is 368. The molecule has 0 amide bonds. The summed E-state index contributed by atoms with van der Waals surface area (Å²) in [5.74, 6) is 0. The Balaban J connectivity index is 1.59. The van der Waals surface area contributed by atoms with Crippen molar-refractivity contribution in [1.82, 2.24) is 5.32 Å². The third kappa shape index (κ3) is 6.62. The quantitative estimate of drug-likeness (QED) is 0.642. The van der Waals surface area contributed by atoms with Gasteiger partial charge in [-0.3, -0.25) is 0 Å². The standard InChI is InChI=1S/C19H31NO/c1-2-3-4-5-6-7-8-17-9-11-18(12-10-17)16-21-19-13-14-20-15-19/h9-12,19-20H,2-8,13-16H2,1H3/t19-/m1/s1. The number of hydrogen-bond acceptors (Lipinski definition) is 2. The Kier molecular flexibility index (Phi) is 7.83. The monoisotopic (exact) mass is 289 g/mol. The van der Waals surface area contributed by atoms with Crippen molar-refractivity contribution >= 4 is 0 Å². The van der Waals surface area contributed by atoms with Crippen LogP contribution in [0.3, 0.4) is 0 Å². The molecule has 2 nitrogen and oxygen atoms in total. The van der Waals surface area contributed by atoms with Crippen molar-refractivity contribution in [2.24, 2.45) is 0 Å². The van der Waals surface area contributed by atoms with Crippen LogP contribution >= 0.6 is 0 Å². The Morgan fingerprint density at radius 3 is 2.43 bits per heavy atom. The van der Waals surface area contributed by atoms with E-state index in [0.717, 1.165) is 26.1 Å². The van der Waals surface area contributed by atoms with E-state index in [0.29, 0.717) is 6.10 Å². The summed E-state index contributed by atoms with van der Waals surface area (Å²) in [4.78, 5) is 0. The van der Waals surface area contributed by atoms with Crippen LogP contribution in [0, 0.1) is 0 Å². The number of rotatable bonds is 10. The van der Waals surface area contributed by atoms with E-state index in [1.165, 1.54) is 56.1 Å². The summed E-state index contributed by atoms with van der Waals surface area (Å²) >= 11 is 0. The van der Waals surface area contributed by atoms with E-state index in [1.807, 2.05) is 0 Å². The molecule has 0 aromatic heterocycles. The van der Waals surface area contributed by atoms with Gasteiger partial charge in [-0.25, -0.2) is 0 Å². The zero-order chi connectivity index (χ0) is 14.8. The van der Waals surface area contributed by atoms with Crippen LogP contribution in [0.2, 0.25) is 0 Å². The average Bonchev–Trinajstić information content (AvgIpc) is 3.03. The summed E-state index contributed by atoms with van der Waals surface area (Å²) < 4.78 is 5.90. The molecule has 1 heterocycles. The second-order valence-electron chi connectivity index (χ2n) is 6.26. The fourth-order valence-corrected chi connectivity index (χ4v) is 2.90. The highest BCUT2D eigenvalue weighted by atomic mass is 16.5. The molecule has 118 valence electrons. The molecule has 1 aromatic rings. The van der Waals surface area contributed by atoms with Gasteiger partial charge in [-0.1, -0.05) is 63.3 Å². The van der Waals surface area contributed by atoms with Crippen molar-refractivity contribution in [2.75, 3.05) is 13.1 Å². The largest absolute Gasteiger partial charge is 0.372 e. The normalized spacial score (nSPS) is 18.2. The summed E-state index contributed by atoms with van der Waals surface area (Å²) in [5.41, 5.74) is 2.77. The summed E-state index contributed by atoms with van der Waals surface area (Å²) in [6, 6.07) is 9.01. The summed E-state index contributed by atoms with van der Waals surface area (Å²) in [7, 11) is 0. The van der Waals surface area contributed by atoms with Crippen LogP contribution in [0.4, 0.5) is 0 Å². The lowest BCUT2D eigenvalue weighted by atomic mass is 10.0. The molecule has 1 aromatic carbocycles. The van der Waals surface area contributed by atoms with E-state index in [4.69, 9.17) is 4.74 Å². The maximum absolute atomic E-state index is 5.90.